The lowest BCUT2D eigenvalue weighted by Crippen LogP contribution is -2.29. The molecular formula is C24H30N2O3. The molecule has 29 heavy (non-hydrogen) atoms. The molecule has 0 aromatic heterocycles. The Bertz CT molecular complexity index is 841. The fourth-order valence-corrected chi connectivity index (χ4v) is 4.19. The highest BCUT2D eigenvalue weighted by Crippen LogP contribution is 2.31. The molecule has 1 aliphatic carbocycles. The molecule has 0 aliphatic heterocycles. The van der Waals surface area contributed by atoms with Gasteiger partial charge in [-0.25, -0.2) is 9.69 Å². The molecule has 1 atom stereocenters. The summed E-state index contributed by atoms with van der Waals surface area (Å²) in [6, 6.07) is 14.6. The number of ketones is 1. The number of benzene rings is 2. The average Bonchev–Trinajstić information content (AvgIpc) is 3.20. The van der Waals surface area contributed by atoms with Gasteiger partial charge in [0.25, 0.3) is 0 Å². The first-order chi connectivity index (χ1) is 14.0. The molecule has 2 aromatic rings. The maximum Gasteiger partial charge on any atom is 0.416 e. The Hall–Kier alpha value is -2.66. The number of hydrogen-bond acceptors (Lipinski definition) is 3. The zero-order valence-corrected chi connectivity index (χ0v) is 17.2. The van der Waals surface area contributed by atoms with Crippen LogP contribution in [0.25, 0.3) is 0 Å². The highest BCUT2D eigenvalue weighted by atomic mass is 16.4. The van der Waals surface area contributed by atoms with E-state index in [1.54, 1.807) is 24.3 Å². The number of carbonyl (C=O) groups is 2. The quantitative estimate of drug-likeness (QED) is 0.558. The maximum atomic E-state index is 12.1. The molecule has 2 aromatic carbocycles. The minimum absolute atomic E-state index is 0.0423. The molecule has 1 fully saturated rings. The largest absolute Gasteiger partial charge is 0.464 e. The van der Waals surface area contributed by atoms with Crippen molar-refractivity contribution in [2.75, 3.05) is 4.90 Å². The summed E-state index contributed by atoms with van der Waals surface area (Å²) in [5.41, 5.74) is 2.66. The van der Waals surface area contributed by atoms with Gasteiger partial charge in [0.05, 0.1) is 11.4 Å². The van der Waals surface area contributed by atoms with E-state index in [2.05, 4.69) is 12.2 Å². The van der Waals surface area contributed by atoms with Crippen LogP contribution in [0.2, 0.25) is 0 Å². The Morgan fingerprint density at radius 1 is 1.10 bits per heavy atom. The maximum absolute atomic E-state index is 12.1. The van der Waals surface area contributed by atoms with Crippen molar-refractivity contribution < 1.29 is 14.7 Å². The van der Waals surface area contributed by atoms with Crippen molar-refractivity contribution in [3.05, 3.63) is 59.7 Å². The number of hydrogen-bond donors (Lipinski definition) is 2. The lowest BCUT2D eigenvalue weighted by Gasteiger charge is -2.24. The highest BCUT2D eigenvalue weighted by molar-refractivity contribution is 5.98. The zero-order chi connectivity index (χ0) is 20.8. The normalized spacial score (nSPS) is 15.2. The summed E-state index contributed by atoms with van der Waals surface area (Å²) in [6.45, 7) is 4.31. The van der Waals surface area contributed by atoms with Crippen molar-refractivity contribution >= 4 is 23.3 Å². The molecule has 5 heteroatoms. The highest BCUT2D eigenvalue weighted by Gasteiger charge is 2.21. The number of carbonyl (C=O) groups excluding carboxylic acids is 1. The third-order valence-electron chi connectivity index (χ3n) is 5.76. The number of rotatable bonds is 8. The molecular weight excluding hydrogens is 364 g/mol. The van der Waals surface area contributed by atoms with E-state index in [9.17, 15) is 14.7 Å². The van der Waals surface area contributed by atoms with E-state index < -0.39 is 6.09 Å². The smallest absolute Gasteiger partial charge is 0.416 e. The van der Waals surface area contributed by atoms with E-state index in [0.717, 1.165) is 17.9 Å². The van der Waals surface area contributed by atoms with E-state index in [1.165, 1.54) is 37.5 Å². The monoisotopic (exact) mass is 394 g/mol. The standard InChI is InChI=1S/C24H30N2O3/c1-17(15-19-7-3-4-8-19)25-16-21-9-5-6-10-23(21)26(24(28)29)22-13-11-20(12-14-22)18(2)27/h5-6,9-14,17,19,25H,3-4,7-8,15-16H2,1-2H3,(H,28,29). The van der Waals surface area contributed by atoms with Crippen LogP contribution in [0.1, 0.15) is 61.9 Å². The van der Waals surface area contributed by atoms with Gasteiger partial charge in [0.2, 0.25) is 0 Å². The predicted molar refractivity (Wildman–Crippen MR) is 116 cm³/mol. The van der Waals surface area contributed by atoms with Crippen LogP contribution in [0.5, 0.6) is 0 Å². The number of para-hydroxylation sites is 1. The second kappa shape index (κ2) is 9.70. The van der Waals surface area contributed by atoms with Crippen LogP contribution in [0, 0.1) is 5.92 Å². The van der Waals surface area contributed by atoms with Gasteiger partial charge in [-0.1, -0.05) is 43.9 Å². The van der Waals surface area contributed by atoms with E-state index in [4.69, 9.17) is 0 Å². The van der Waals surface area contributed by atoms with Crippen molar-refractivity contribution in [3.8, 4) is 0 Å². The predicted octanol–water partition coefficient (Wildman–Crippen LogP) is 5.76. The van der Waals surface area contributed by atoms with Crippen molar-refractivity contribution in [1.29, 1.82) is 0 Å². The zero-order valence-electron chi connectivity index (χ0n) is 17.2. The first-order valence-electron chi connectivity index (χ1n) is 10.4. The molecule has 3 rings (SSSR count). The van der Waals surface area contributed by atoms with Gasteiger partial charge in [0.15, 0.2) is 5.78 Å². The number of nitrogens with one attached hydrogen (secondary N) is 1. The fourth-order valence-electron chi connectivity index (χ4n) is 4.19. The molecule has 0 radical (unpaired) electrons. The summed E-state index contributed by atoms with van der Waals surface area (Å²) in [7, 11) is 0. The third-order valence-corrected chi connectivity index (χ3v) is 5.76. The topological polar surface area (TPSA) is 69.6 Å². The first-order valence-corrected chi connectivity index (χ1v) is 10.4. The minimum Gasteiger partial charge on any atom is -0.464 e. The van der Waals surface area contributed by atoms with Gasteiger partial charge < -0.3 is 10.4 Å². The number of carboxylic acid groups (broad SMARTS) is 1. The van der Waals surface area contributed by atoms with Gasteiger partial charge in [-0.15, -0.1) is 0 Å². The lowest BCUT2D eigenvalue weighted by atomic mass is 9.99. The Labute approximate surface area is 172 Å². The van der Waals surface area contributed by atoms with Crippen molar-refractivity contribution in [1.82, 2.24) is 5.32 Å². The second-order valence-electron chi connectivity index (χ2n) is 8.02. The van der Waals surface area contributed by atoms with Crippen LogP contribution in [-0.4, -0.2) is 23.0 Å². The number of anilines is 2. The molecule has 1 aliphatic rings. The molecule has 2 N–H and O–H groups in total. The summed E-state index contributed by atoms with van der Waals surface area (Å²) < 4.78 is 0. The van der Waals surface area contributed by atoms with E-state index in [1.807, 2.05) is 24.3 Å². The van der Waals surface area contributed by atoms with E-state index >= 15 is 0 Å². The van der Waals surface area contributed by atoms with Gasteiger partial charge in [0.1, 0.15) is 0 Å². The lowest BCUT2D eigenvalue weighted by molar-refractivity contribution is 0.101. The summed E-state index contributed by atoms with van der Waals surface area (Å²) in [5, 5.41) is 13.5. The number of nitrogens with zero attached hydrogens (tertiary/aromatic N) is 1. The van der Waals surface area contributed by atoms with Crippen molar-refractivity contribution in [3.63, 3.8) is 0 Å². The SMILES string of the molecule is CC(=O)c1ccc(N(C(=O)O)c2ccccc2CNC(C)CC2CCCC2)cc1. The molecule has 154 valence electrons. The summed E-state index contributed by atoms with van der Waals surface area (Å²) in [6.07, 6.45) is 5.45. The van der Waals surface area contributed by atoms with Crippen LogP contribution in [0.15, 0.2) is 48.5 Å². The summed E-state index contributed by atoms with van der Waals surface area (Å²) in [4.78, 5) is 24.9. The van der Waals surface area contributed by atoms with Crippen LogP contribution in [0.3, 0.4) is 0 Å². The Morgan fingerprint density at radius 3 is 2.38 bits per heavy atom. The Morgan fingerprint density at radius 2 is 1.76 bits per heavy atom. The van der Waals surface area contributed by atoms with E-state index in [0.29, 0.717) is 29.5 Å². The molecule has 1 saturated carbocycles. The van der Waals surface area contributed by atoms with Crippen LogP contribution in [0.4, 0.5) is 16.2 Å². The third kappa shape index (κ3) is 5.45. The molecule has 1 unspecified atom stereocenters. The number of Topliss-reactive ketones (excluding diaryl/α,β-unsaturated/α-hetero) is 1. The van der Waals surface area contributed by atoms with Gasteiger partial charge in [-0.05, 0) is 62.1 Å². The Balaban J connectivity index is 1.77. The van der Waals surface area contributed by atoms with Gasteiger partial charge in [-0.2, -0.15) is 0 Å². The van der Waals surface area contributed by atoms with Gasteiger partial charge in [0, 0.05) is 18.2 Å². The summed E-state index contributed by atoms with van der Waals surface area (Å²) in [5.74, 6) is 0.766. The van der Waals surface area contributed by atoms with Crippen molar-refractivity contribution in [2.45, 2.75) is 58.5 Å². The van der Waals surface area contributed by atoms with Crippen LogP contribution >= 0.6 is 0 Å². The van der Waals surface area contributed by atoms with Crippen LogP contribution < -0.4 is 10.2 Å². The second-order valence-corrected chi connectivity index (χ2v) is 8.02. The van der Waals surface area contributed by atoms with Crippen LogP contribution in [-0.2, 0) is 6.54 Å². The molecule has 1 amide bonds. The molecule has 5 nitrogen and oxygen atoms in total. The van der Waals surface area contributed by atoms with Crippen molar-refractivity contribution in [2.24, 2.45) is 5.92 Å². The first kappa shape index (κ1) is 21.1. The molecule has 0 heterocycles. The average molecular weight is 395 g/mol. The molecule has 0 saturated heterocycles. The molecule has 0 spiro atoms. The summed E-state index contributed by atoms with van der Waals surface area (Å²) >= 11 is 0. The molecule has 0 bridgehead atoms. The fraction of sp³-hybridized carbons (Fsp3) is 0.417. The van der Waals surface area contributed by atoms with E-state index in [-0.39, 0.29) is 5.78 Å². The van der Waals surface area contributed by atoms with Gasteiger partial charge >= 0.3 is 6.09 Å². The van der Waals surface area contributed by atoms with Gasteiger partial charge in [-0.3, -0.25) is 4.79 Å². The minimum atomic E-state index is -1.05. The Kier molecular flexibility index (Phi) is 7.04. The number of amides is 1.